The van der Waals surface area contributed by atoms with E-state index < -0.39 is 0 Å². The van der Waals surface area contributed by atoms with Crippen molar-refractivity contribution in [2.24, 2.45) is 0 Å². The fourth-order valence-electron chi connectivity index (χ4n) is 2.06. The Kier molecular flexibility index (Phi) is 4.90. The van der Waals surface area contributed by atoms with Gasteiger partial charge in [0.05, 0.1) is 0 Å². The zero-order chi connectivity index (χ0) is 10.6. The second-order valence-corrected chi connectivity index (χ2v) is 4.40. The van der Waals surface area contributed by atoms with Crippen molar-refractivity contribution >= 4 is 0 Å². The maximum absolute atomic E-state index is 2.67. The zero-order valence-electron chi connectivity index (χ0n) is 10.3. The molecule has 84 valence electrons. The van der Waals surface area contributed by atoms with Crippen molar-refractivity contribution in [3.8, 4) is 0 Å². The van der Waals surface area contributed by atoms with Gasteiger partial charge in [0.2, 0.25) is 0 Å². The van der Waals surface area contributed by atoms with E-state index in [1.165, 1.54) is 39.0 Å². The molecular weight excluding hydrogens is 172 g/mol. The first-order valence-corrected chi connectivity index (χ1v) is 6.25. The Hall–Kier alpha value is -0.0800. The Morgan fingerprint density at radius 1 is 0.929 bits per heavy atom. The minimum atomic E-state index is 0.742. The Morgan fingerprint density at radius 2 is 1.43 bits per heavy atom. The van der Waals surface area contributed by atoms with Crippen LogP contribution in [0.25, 0.3) is 0 Å². The van der Waals surface area contributed by atoms with E-state index in [0.717, 1.165) is 12.1 Å². The van der Waals surface area contributed by atoms with Crippen LogP contribution in [0.1, 0.15) is 40.5 Å². The van der Waals surface area contributed by atoms with Crippen LogP contribution >= 0.6 is 0 Å². The van der Waals surface area contributed by atoms with Crippen molar-refractivity contribution in [3.63, 3.8) is 0 Å². The molecule has 1 aliphatic carbocycles. The van der Waals surface area contributed by atoms with E-state index in [1.54, 1.807) is 0 Å². The van der Waals surface area contributed by atoms with Gasteiger partial charge in [-0.05, 0) is 26.7 Å². The number of rotatable bonds is 2. The standard InChI is InChI=1S/C10H20N2.C2H6/c1-9(2)11-5-7-12(8-6-11)10-3-4-10;1-2/h9-10H,3-8H2,1-2H3;1-2H3. The molecule has 2 heteroatoms. The molecule has 2 rings (SSSR count). The second-order valence-electron chi connectivity index (χ2n) is 4.40. The SMILES string of the molecule is CC.CC(C)N1CCN(C2CC2)CC1. The highest BCUT2D eigenvalue weighted by atomic mass is 15.3. The molecule has 1 heterocycles. The molecule has 2 fully saturated rings. The van der Waals surface area contributed by atoms with E-state index in [1.807, 2.05) is 13.8 Å². The molecule has 0 unspecified atom stereocenters. The van der Waals surface area contributed by atoms with Crippen LogP contribution in [0.2, 0.25) is 0 Å². The van der Waals surface area contributed by atoms with Gasteiger partial charge in [0, 0.05) is 38.3 Å². The van der Waals surface area contributed by atoms with Gasteiger partial charge in [-0.25, -0.2) is 0 Å². The topological polar surface area (TPSA) is 6.48 Å². The van der Waals surface area contributed by atoms with Crippen LogP contribution in [0.5, 0.6) is 0 Å². The van der Waals surface area contributed by atoms with Crippen LogP contribution in [-0.2, 0) is 0 Å². The minimum absolute atomic E-state index is 0.742. The molecule has 0 bridgehead atoms. The molecular formula is C12H26N2. The first-order chi connectivity index (χ1) is 6.77. The quantitative estimate of drug-likeness (QED) is 0.671. The lowest BCUT2D eigenvalue weighted by Gasteiger charge is -2.37. The first-order valence-electron chi connectivity index (χ1n) is 6.25. The van der Waals surface area contributed by atoms with Crippen molar-refractivity contribution in [2.75, 3.05) is 26.2 Å². The lowest BCUT2D eigenvalue weighted by molar-refractivity contribution is 0.103. The van der Waals surface area contributed by atoms with E-state index >= 15 is 0 Å². The number of piperazine rings is 1. The maximum Gasteiger partial charge on any atom is 0.0113 e. The third-order valence-electron chi connectivity index (χ3n) is 3.14. The summed E-state index contributed by atoms with van der Waals surface area (Å²) in [6.07, 6.45) is 2.92. The Labute approximate surface area is 89.3 Å². The fraction of sp³-hybridized carbons (Fsp3) is 1.00. The monoisotopic (exact) mass is 198 g/mol. The zero-order valence-corrected chi connectivity index (χ0v) is 10.3. The lowest BCUT2D eigenvalue weighted by atomic mass is 10.2. The van der Waals surface area contributed by atoms with Crippen LogP contribution in [0, 0.1) is 0 Å². The van der Waals surface area contributed by atoms with Crippen molar-refractivity contribution in [3.05, 3.63) is 0 Å². The summed E-state index contributed by atoms with van der Waals surface area (Å²) in [5, 5.41) is 0. The van der Waals surface area contributed by atoms with Crippen molar-refractivity contribution in [1.82, 2.24) is 9.80 Å². The third-order valence-corrected chi connectivity index (χ3v) is 3.14. The van der Waals surface area contributed by atoms with Gasteiger partial charge in [0.15, 0.2) is 0 Å². The summed E-state index contributed by atoms with van der Waals surface area (Å²) in [7, 11) is 0. The minimum Gasteiger partial charge on any atom is -0.298 e. The van der Waals surface area contributed by atoms with E-state index in [4.69, 9.17) is 0 Å². The summed E-state index contributed by atoms with van der Waals surface area (Å²) in [6.45, 7) is 13.8. The van der Waals surface area contributed by atoms with Crippen molar-refractivity contribution in [2.45, 2.75) is 52.6 Å². The molecule has 1 saturated heterocycles. The summed E-state index contributed by atoms with van der Waals surface area (Å²) < 4.78 is 0. The summed E-state index contributed by atoms with van der Waals surface area (Å²) in [5.74, 6) is 0. The molecule has 1 aliphatic heterocycles. The molecule has 0 aromatic rings. The largest absolute Gasteiger partial charge is 0.298 e. The summed E-state index contributed by atoms with van der Waals surface area (Å²) >= 11 is 0. The van der Waals surface area contributed by atoms with Gasteiger partial charge in [-0.15, -0.1) is 0 Å². The van der Waals surface area contributed by atoms with Crippen LogP contribution in [0.4, 0.5) is 0 Å². The highest BCUT2D eigenvalue weighted by Gasteiger charge is 2.31. The average molecular weight is 198 g/mol. The Morgan fingerprint density at radius 3 is 1.79 bits per heavy atom. The first kappa shape index (κ1) is 12.0. The van der Waals surface area contributed by atoms with Crippen LogP contribution < -0.4 is 0 Å². The van der Waals surface area contributed by atoms with Gasteiger partial charge in [-0.2, -0.15) is 0 Å². The molecule has 14 heavy (non-hydrogen) atoms. The molecule has 0 spiro atoms. The average Bonchev–Trinajstić information content (AvgIpc) is 3.04. The molecule has 0 N–H and O–H groups in total. The van der Waals surface area contributed by atoms with Gasteiger partial charge in [-0.1, -0.05) is 13.8 Å². The van der Waals surface area contributed by atoms with Gasteiger partial charge in [0.25, 0.3) is 0 Å². The van der Waals surface area contributed by atoms with Crippen LogP contribution in [-0.4, -0.2) is 48.1 Å². The molecule has 0 atom stereocenters. The number of hydrogen-bond acceptors (Lipinski definition) is 2. The van der Waals surface area contributed by atoms with Crippen LogP contribution in [0.3, 0.4) is 0 Å². The molecule has 0 aromatic heterocycles. The van der Waals surface area contributed by atoms with Gasteiger partial charge >= 0.3 is 0 Å². The second kappa shape index (κ2) is 5.72. The lowest BCUT2D eigenvalue weighted by Crippen LogP contribution is -2.49. The molecule has 0 amide bonds. The summed E-state index contributed by atoms with van der Waals surface area (Å²) in [6, 6.07) is 1.71. The van der Waals surface area contributed by atoms with Crippen molar-refractivity contribution < 1.29 is 0 Å². The van der Waals surface area contributed by atoms with E-state index in [2.05, 4.69) is 23.6 Å². The Balaban J connectivity index is 0.000000461. The summed E-state index contributed by atoms with van der Waals surface area (Å²) in [5.41, 5.74) is 0. The Bertz CT molecular complexity index is 134. The molecule has 1 saturated carbocycles. The van der Waals surface area contributed by atoms with Crippen molar-refractivity contribution in [1.29, 1.82) is 0 Å². The fourth-order valence-corrected chi connectivity index (χ4v) is 2.06. The van der Waals surface area contributed by atoms with E-state index in [-0.39, 0.29) is 0 Å². The molecule has 2 nitrogen and oxygen atoms in total. The normalized spacial score (nSPS) is 24.6. The third kappa shape index (κ3) is 3.25. The molecule has 2 aliphatic rings. The highest BCUT2D eigenvalue weighted by Crippen LogP contribution is 2.27. The summed E-state index contributed by atoms with van der Waals surface area (Å²) in [4.78, 5) is 5.25. The van der Waals surface area contributed by atoms with Crippen LogP contribution in [0.15, 0.2) is 0 Å². The van der Waals surface area contributed by atoms with E-state index in [9.17, 15) is 0 Å². The number of hydrogen-bond donors (Lipinski definition) is 0. The smallest absolute Gasteiger partial charge is 0.0113 e. The molecule has 0 radical (unpaired) electrons. The predicted molar refractivity (Wildman–Crippen MR) is 62.7 cm³/mol. The van der Waals surface area contributed by atoms with Gasteiger partial charge in [-0.3, -0.25) is 9.80 Å². The molecule has 0 aromatic carbocycles. The number of nitrogens with zero attached hydrogens (tertiary/aromatic N) is 2. The predicted octanol–water partition coefficient (Wildman–Crippen LogP) is 2.20. The highest BCUT2D eigenvalue weighted by molar-refractivity contribution is 4.87. The van der Waals surface area contributed by atoms with E-state index in [0.29, 0.717) is 0 Å². The van der Waals surface area contributed by atoms with Gasteiger partial charge in [0.1, 0.15) is 0 Å². The van der Waals surface area contributed by atoms with Gasteiger partial charge < -0.3 is 0 Å². The maximum atomic E-state index is 2.67.